The standard InChI is InChI=1S/C28H29ClF3NO4/c29-22-9-7-21(8-10-22)28(37-17-19-4-2-1-3-5-19)12-13-33(14-23(35)16-34)15-25(28)36-18-20-6-11-24(30)27(32)26(20)31/h1-11,23,25,34-35H,12-18H2/t23?,25-,28+/m0/s1. The van der Waals surface area contributed by atoms with E-state index in [2.05, 4.69) is 0 Å². The molecule has 4 rings (SSSR count). The molecule has 1 fully saturated rings. The number of rotatable bonds is 10. The minimum Gasteiger partial charge on any atom is -0.394 e. The molecule has 0 aliphatic carbocycles. The summed E-state index contributed by atoms with van der Waals surface area (Å²) < 4.78 is 54.6. The van der Waals surface area contributed by atoms with Gasteiger partial charge in [-0.05, 0) is 35.7 Å². The van der Waals surface area contributed by atoms with Crippen LogP contribution in [-0.4, -0.2) is 53.6 Å². The second-order valence-electron chi connectivity index (χ2n) is 9.15. The summed E-state index contributed by atoms with van der Waals surface area (Å²) in [5.41, 5.74) is 0.626. The minimum absolute atomic E-state index is 0.125. The highest BCUT2D eigenvalue weighted by molar-refractivity contribution is 6.30. The number of β-amino-alcohol motifs (C(OH)–C–C–N with tert-alkyl or cyclic N) is 1. The summed E-state index contributed by atoms with van der Waals surface area (Å²) in [6.07, 6.45) is -1.19. The fourth-order valence-corrected chi connectivity index (χ4v) is 4.76. The smallest absolute Gasteiger partial charge is 0.194 e. The molecule has 1 unspecified atom stereocenters. The molecular formula is C28H29ClF3NO4. The molecule has 198 valence electrons. The Balaban J connectivity index is 1.67. The van der Waals surface area contributed by atoms with Crippen molar-refractivity contribution in [1.82, 2.24) is 4.90 Å². The first-order chi connectivity index (χ1) is 17.8. The number of likely N-dealkylation sites (tertiary alicyclic amines) is 1. The van der Waals surface area contributed by atoms with Crippen molar-refractivity contribution in [3.05, 3.63) is 106 Å². The number of benzene rings is 3. The summed E-state index contributed by atoms with van der Waals surface area (Å²) >= 11 is 6.15. The number of piperidine rings is 1. The molecule has 0 radical (unpaired) electrons. The van der Waals surface area contributed by atoms with Crippen LogP contribution in [0.3, 0.4) is 0 Å². The molecule has 1 aliphatic rings. The Morgan fingerprint density at radius 1 is 0.973 bits per heavy atom. The lowest BCUT2D eigenvalue weighted by Crippen LogP contribution is -2.57. The molecular weight excluding hydrogens is 507 g/mol. The molecule has 2 N–H and O–H groups in total. The number of aliphatic hydroxyl groups excluding tert-OH is 2. The lowest BCUT2D eigenvalue weighted by molar-refractivity contribution is -0.195. The summed E-state index contributed by atoms with van der Waals surface area (Å²) in [5.74, 6) is -4.13. The SMILES string of the molecule is OCC(O)CN1CC[C@@](OCc2ccccc2)(c2ccc(Cl)cc2)[C@@H](OCc2ccc(F)c(F)c2F)C1. The topological polar surface area (TPSA) is 62.2 Å². The van der Waals surface area contributed by atoms with Gasteiger partial charge in [-0.2, -0.15) is 0 Å². The van der Waals surface area contributed by atoms with Crippen molar-refractivity contribution in [2.45, 2.75) is 37.4 Å². The number of hydrogen-bond donors (Lipinski definition) is 2. The molecule has 3 aromatic rings. The van der Waals surface area contributed by atoms with Gasteiger partial charge in [-0.1, -0.05) is 60.1 Å². The van der Waals surface area contributed by atoms with Crippen LogP contribution in [0, 0.1) is 17.5 Å². The summed E-state index contributed by atoms with van der Waals surface area (Å²) in [6.45, 7) is 0.546. The van der Waals surface area contributed by atoms with Crippen molar-refractivity contribution in [1.29, 1.82) is 0 Å². The molecule has 0 amide bonds. The maximum atomic E-state index is 14.4. The van der Waals surface area contributed by atoms with Gasteiger partial charge in [-0.3, -0.25) is 4.90 Å². The Kier molecular flexibility index (Phi) is 9.23. The molecule has 0 saturated carbocycles. The molecule has 3 atom stereocenters. The first-order valence-electron chi connectivity index (χ1n) is 12.0. The van der Waals surface area contributed by atoms with E-state index in [0.29, 0.717) is 18.0 Å². The van der Waals surface area contributed by atoms with Gasteiger partial charge in [0.15, 0.2) is 17.5 Å². The average Bonchev–Trinajstić information content (AvgIpc) is 2.92. The van der Waals surface area contributed by atoms with Gasteiger partial charge in [-0.15, -0.1) is 0 Å². The quantitative estimate of drug-likeness (QED) is 0.365. The molecule has 0 bridgehead atoms. The Labute approximate surface area is 219 Å². The molecule has 5 nitrogen and oxygen atoms in total. The van der Waals surface area contributed by atoms with E-state index >= 15 is 0 Å². The zero-order valence-corrected chi connectivity index (χ0v) is 20.9. The van der Waals surface area contributed by atoms with Crippen LogP contribution in [0.25, 0.3) is 0 Å². The van der Waals surface area contributed by atoms with E-state index in [-0.39, 0.29) is 31.9 Å². The predicted octanol–water partition coefficient (Wildman–Crippen LogP) is 4.81. The zero-order valence-electron chi connectivity index (χ0n) is 20.1. The molecule has 3 aromatic carbocycles. The number of aliphatic hydroxyl groups is 2. The second kappa shape index (κ2) is 12.4. The van der Waals surface area contributed by atoms with E-state index in [9.17, 15) is 23.4 Å². The van der Waals surface area contributed by atoms with Gasteiger partial charge in [0.25, 0.3) is 0 Å². The summed E-state index contributed by atoms with van der Waals surface area (Å²) in [5, 5.41) is 19.9. The van der Waals surface area contributed by atoms with Crippen molar-refractivity contribution >= 4 is 11.6 Å². The van der Waals surface area contributed by atoms with E-state index in [1.165, 1.54) is 0 Å². The molecule has 0 spiro atoms. The fraction of sp³-hybridized carbons (Fsp3) is 0.357. The Hall–Kier alpha value is -2.46. The Morgan fingerprint density at radius 2 is 1.70 bits per heavy atom. The molecule has 1 aliphatic heterocycles. The van der Waals surface area contributed by atoms with Crippen LogP contribution in [0.1, 0.15) is 23.1 Å². The number of ether oxygens (including phenoxy) is 2. The first kappa shape index (κ1) is 27.6. The van der Waals surface area contributed by atoms with E-state index < -0.39 is 41.9 Å². The molecule has 0 aromatic heterocycles. The normalized spacial score (nSPS) is 21.2. The largest absolute Gasteiger partial charge is 0.394 e. The maximum absolute atomic E-state index is 14.4. The third-order valence-electron chi connectivity index (χ3n) is 6.65. The molecule has 37 heavy (non-hydrogen) atoms. The summed E-state index contributed by atoms with van der Waals surface area (Å²) in [7, 11) is 0. The summed E-state index contributed by atoms with van der Waals surface area (Å²) in [4.78, 5) is 1.92. The molecule has 9 heteroatoms. The monoisotopic (exact) mass is 535 g/mol. The lowest BCUT2D eigenvalue weighted by Gasteiger charge is -2.48. The maximum Gasteiger partial charge on any atom is 0.194 e. The van der Waals surface area contributed by atoms with Gasteiger partial charge < -0.3 is 19.7 Å². The summed E-state index contributed by atoms with van der Waals surface area (Å²) in [6, 6.07) is 18.8. The van der Waals surface area contributed by atoms with Gasteiger partial charge in [0.2, 0.25) is 0 Å². The van der Waals surface area contributed by atoms with Crippen molar-refractivity contribution in [2.24, 2.45) is 0 Å². The van der Waals surface area contributed by atoms with E-state index in [4.69, 9.17) is 21.1 Å². The average molecular weight is 536 g/mol. The van der Waals surface area contributed by atoms with Crippen LogP contribution in [0.4, 0.5) is 13.2 Å². The van der Waals surface area contributed by atoms with Crippen LogP contribution < -0.4 is 0 Å². The van der Waals surface area contributed by atoms with Crippen LogP contribution in [0.15, 0.2) is 66.7 Å². The van der Waals surface area contributed by atoms with Crippen LogP contribution >= 0.6 is 11.6 Å². The number of nitrogens with zero attached hydrogens (tertiary/aromatic N) is 1. The fourth-order valence-electron chi connectivity index (χ4n) is 4.63. The molecule has 1 saturated heterocycles. The van der Waals surface area contributed by atoms with Gasteiger partial charge in [0.05, 0.1) is 25.9 Å². The lowest BCUT2D eigenvalue weighted by atomic mass is 9.81. The van der Waals surface area contributed by atoms with E-state index in [0.717, 1.165) is 23.3 Å². The van der Waals surface area contributed by atoms with Crippen molar-refractivity contribution in [2.75, 3.05) is 26.2 Å². The first-order valence-corrected chi connectivity index (χ1v) is 12.4. The van der Waals surface area contributed by atoms with Crippen LogP contribution in [-0.2, 0) is 28.3 Å². The number of hydrogen-bond acceptors (Lipinski definition) is 5. The van der Waals surface area contributed by atoms with E-state index in [1.54, 1.807) is 12.1 Å². The Bertz CT molecular complexity index is 1170. The van der Waals surface area contributed by atoms with Crippen molar-refractivity contribution in [3.8, 4) is 0 Å². The minimum atomic E-state index is -1.55. The third kappa shape index (κ3) is 6.52. The zero-order chi connectivity index (χ0) is 26.4. The van der Waals surface area contributed by atoms with Crippen LogP contribution in [0.5, 0.6) is 0 Å². The highest BCUT2D eigenvalue weighted by Gasteiger charge is 2.47. The van der Waals surface area contributed by atoms with Crippen LogP contribution in [0.2, 0.25) is 5.02 Å². The Morgan fingerprint density at radius 3 is 2.41 bits per heavy atom. The number of halogens is 4. The molecule has 1 heterocycles. The highest BCUT2D eigenvalue weighted by atomic mass is 35.5. The third-order valence-corrected chi connectivity index (χ3v) is 6.90. The van der Waals surface area contributed by atoms with Crippen molar-refractivity contribution < 1.29 is 32.9 Å². The van der Waals surface area contributed by atoms with Gasteiger partial charge in [0.1, 0.15) is 11.7 Å². The highest BCUT2D eigenvalue weighted by Crippen LogP contribution is 2.40. The van der Waals surface area contributed by atoms with Crippen molar-refractivity contribution in [3.63, 3.8) is 0 Å². The van der Waals surface area contributed by atoms with Gasteiger partial charge in [-0.25, -0.2) is 13.2 Å². The van der Waals surface area contributed by atoms with Gasteiger partial charge in [0, 0.05) is 30.2 Å². The van der Waals surface area contributed by atoms with E-state index in [1.807, 2.05) is 47.4 Å². The van der Waals surface area contributed by atoms with Gasteiger partial charge >= 0.3 is 0 Å². The second-order valence-corrected chi connectivity index (χ2v) is 9.59. The predicted molar refractivity (Wildman–Crippen MR) is 133 cm³/mol.